The Kier molecular flexibility index (Phi) is 2.79. The SMILES string of the molecule is CN(C)C1=NC=CC(C(C)(C)C)C1. The van der Waals surface area contributed by atoms with Gasteiger partial charge in [0.25, 0.3) is 0 Å². The maximum absolute atomic E-state index is 4.35. The largest absolute Gasteiger partial charge is 0.366 e. The van der Waals surface area contributed by atoms with Crippen molar-refractivity contribution in [1.82, 2.24) is 4.90 Å². The molecule has 0 aliphatic carbocycles. The summed E-state index contributed by atoms with van der Waals surface area (Å²) < 4.78 is 0. The second-order valence-electron chi connectivity index (χ2n) is 4.96. The number of amidine groups is 1. The lowest BCUT2D eigenvalue weighted by molar-refractivity contribution is 0.293. The van der Waals surface area contributed by atoms with Crippen LogP contribution in [0.15, 0.2) is 17.3 Å². The zero-order chi connectivity index (χ0) is 10.1. The second kappa shape index (κ2) is 3.52. The summed E-state index contributed by atoms with van der Waals surface area (Å²) in [6.07, 6.45) is 5.22. The van der Waals surface area contributed by atoms with Gasteiger partial charge in [0.2, 0.25) is 0 Å². The molecule has 1 rings (SSSR count). The highest BCUT2D eigenvalue weighted by Crippen LogP contribution is 2.32. The molecule has 0 bridgehead atoms. The first-order valence-electron chi connectivity index (χ1n) is 4.82. The summed E-state index contributed by atoms with van der Waals surface area (Å²) in [4.78, 5) is 6.45. The van der Waals surface area contributed by atoms with E-state index in [9.17, 15) is 0 Å². The molecule has 0 amide bonds. The van der Waals surface area contributed by atoms with E-state index >= 15 is 0 Å². The van der Waals surface area contributed by atoms with Gasteiger partial charge in [-0.1, -0.05) is 26.8 Å². The minimum absolute atomic E-state index is 0.341. The van der Waals surface area contributed by atoms with E-state index in [0.717, 1.165) is 6.42 Å². The summed E-state index contributed by atoms with van der Waals surface area (Å²) in [5.41, 5.74) is 0.341. The lowest BCUT2D eigenvalue weighted by Crippen LogP contribution is -2.30. The maximum Gasteiger partial charge on any atom is 0.104 e. The molecular weight excluding hydrogens is 160 g/mol. The molecule has 2 heteroatoms. The van der Waals surface area contributed by atoms with E-state index in [1.54, 1.807) is 0 Å². The number of rotatable bonds is 0. The third-order valence-electron chi connectivity index (χ3n) is 2.57. The minimum atomic E-state index is 0.341. The van der Waals surface area contributed by atoms with Crippen LogP contribution in [0.3, 0.4) is 0 Å². The van der Waals surface area contributed by atoms with Gasteiger partial charge >= 0.3 is 0 Å². The summed E-state index contributed by atoms with van der Waals surface area (Å²) in [5, 5.41) is 0. The molecule has 0 aromatic heterocycles. The van der Waals surface area contributed by atoms with Crippen LogP contribution in [0.2, 0.25) is 0 Å². The van der Waals surface area contributed by atoms with Crippen LogP contribution < -0.4 is 0 Å². The predicted molar refractivity (Wildman–Crippen MR) is 57.8 cm³/mol. The van der Waals surface area contributed by atoms with Crippen LogP contribution in [0, 0.1) is 11.3 Å². The summed E-state index contributed by atoms with van der Waals surface area (Å²) >= 11 is 0. The van der Waals surface area contributed by atoms with Gasteiger partial charge < -0.3 is 4.90 Å². The third kappa shape index (κ3) is 2.58. The normalized spacial score (nSPS) is 22.8. The topological polar surface area (TPSA) is 15.6 Å². The van der Waals surface area contributed by atoms with Gasteiger partial charge in [0.15, 0.2) is 0 Å². The van der Waals surface area contributed by atoms with E-state index in [0.29, 0.717) is 11.3 Å². The maximum atomic E-state index is 4.35. The monoisotopic (exact) mass is 180 g/mol. The molecule has 1 atom stereocenters. The second-order valence-corrected chi connectivity index (χ2v) is 4.96. The fourth-order valence-electron chi connectivity index (χ4n) is 1.44. The van der Waals surface area contributed by atoms with Gasteiger partial charge in [-0.2, -0.15) is 0 Å². The zero-order valence-corrected chi connectivity index (χ0v) is 9.33. The molecule has 0 saturated carbocycles. The van der Waals surface area contributed by atoms with E-state index < -0.39 is 0 Å². The molecule has 0 aromatic rings. The summed E-state index contributed by atoms with van der Waals surface area (Å²) in [5.74, 6) is 1.80. The quantitative estimate of drug-likeness (QED) is 0.559. The van der Waals surface area contributed by atoms with Gasteiger partial charge in [0.1, 0.15) is 5.84 Å². The van der Waals surface area contributed by atoms with Crippen LogP contribution in [0.5, 0.6) is 0 Å². The van der Waals surface area contributed by atoms with E-state index in [-0.39, 0.29) is 0 Å². The van der Waals surface area contributed by atoms with Gasteiger partial charge in [-0.3, -0.25) is 0 Å². The molecule has 0 aromatic carbocycles. The molecule has 13 heavy (non-hydrogen) atoms. The van der Waals surface area contributed by atoms with Gasteiger partial charge in [-0.25, -0.2) is 4.99 Å². The lowest BCUT2D eigenvalue weighted by Gasteiger charge is -2.31. The molecule has 74 valence electrons. The highest BCUT2D eigenvalue weighted by molar-refractivity contribution is 5.83. The first-order valence-corrected chi connectivity index (χ1v) is 4.82. The third-order valence-corrected chi connectivity index (χ3v) is 2.57. The fourth-order valence-corrected chi connectivity index (χ4v) is 1.44. The molecule has 1 aliphatic heterocycles. The van der Waals surface area contributed by atoms with Crippen LogP contribution in [0.25, 0.3) is 0 Å². The van der Waals surface area contributed by atoms with E-state index in [2.05, 4.69) is 50.8 Å². The first-order chi connectivity index (χ1) is 5.91. The Morgan fingerprint density at radius 3 is 2.46 bits per heavy atom. The van der Waals surface area contributed by atoms with Gasteiger partial charge in [-0.05, 0) is 11.3 Å². The number of nitrogens with zero attached hydrogens (tertiary/aromatic N) is 2. The number of aliphatic imine (C=N–C) groups is 1. The molecule has 2 nitrogen and oxygen atoms in total. The van der Waals surface area contributed by atoms with Crippen LogP contribution in [0.4, 0.5) is 0 Å². The molecule has 0 radical (unpaired) electrons. The Morgan fingerprint density at radius 2 is 2.00 bits per heavy atom. The molecule has 0 spiro atoms. The molecule has 1 heterocycles. The van der Waals surface area contributed by atoms with Crippen molar-refractivity contribution in [1.29, 1.82) is 0 Å². The highest BCUT2D eigenvalue weighted by atomic mass is 15.1. The zero-order valence-electron chi connectivity index (χ0n) is 9.33. The van der Waals surface area contributed by atoms with Crippen LogP contribution in [-0.4, -0.2) is 24.8 Å². The van der Waals surface area contributed by atoms with Crippen LogP contribution in [0.1, 0.15) is 27.2 Å². The van der Waals surface area contributed by atoms with Crippen LogP contribution >= 0.6 is 0 Å². The standard InChI is InChI=1S/C11H20N2/c1-11(2,3)9-6-7-12-10(8-9)13(4)5/h6-7,9H,8H2,1-5H3. The van der Waals surface area contributed by atoms with Crippen molar-refractivity contribution in [2.24, 2.45) is 16.3 Å². The van der Waals surface area contributed by atoms with Gasteiger partial charge in [0, 0.05) is 26.7 Å². The smallest absolute Gasteiger partial charge is 0.104 e. The predicted octanol–water partition coefficient (Wildman–Crippen LogP) is 2.53. The van der Waals surface area contributed by atoms with Gasteiger partial charge in [-0.15, -0.1) is 0 Å². The summed E-state index contributed by atoms with van der Waals surface area (Å²) in [6, 6.07) is 0. The van der Waals surface area contributed by atoms with Crippen molar-refractivity contribution in [2.75, 3.05) is 14.1 Å². The van der Waals surface area contributed by atoms with Crippen molar-refractivity contribution >= 4 is 5.84 Å². The highest BCUT2D eigenvalue weighted by Gasteiger charge is 2.25. The first kappa shape index (κ1) is 10.3. The Labute approximate surface area is 81.3 Å². The van der Waals surface area contributed by atoms with Crippen molar-refractivity contribution < 1.29 is 0 Å². The molecule has 0 N–H and O–H groups in total. The average molecular weight is 180 g/mol. The Morgan fingerprint density at radius 1 is 1.38 bits per heavy atom. The van der Waals surface area contributed by atoms with Crippen molar-refractivity contribution in [3.63, 3.8) is 0 Å². The average Bonchev–Trinajstić information content (AvgIpc) is 2.03. The molecule has 1 unspecified atom stereocenters. The molecule has 1 aliphatic rings. The molecular formula is C11H20N2. The van der Waals surface area contributed by atoms with E-state index in [1.807, 2.05) is 6.20 Å². The van der Waals surface area contributed by atoms with E-state index in [4.69, 9.17) is 0 Å². The van der Waals surface area contributed by atoms with Gasteiger partial charge in [0.05, 0.1) is 0 Å². The Balaban J connectivity index is 2.70. The minimum Gasteiger partial charge on any atom is -0.366 e. The lowest BCUT2D eigenvalue weighted by atomic mass is 9.78. The molecule has 0 saturated heterocycles. The molecule has 0 fully saturated rings. The summed E-state index contributed by atoms with van der Waals surface area (Å²) in [6.45, 7) is 6.84. The summed E-state index contributed by atoms with van der Waals surface area (Å²) in [7, 11) is 4.11. The van der Waals surface area contributed by atoms with Crippen molar-refractivity contribution in [3.8, 4) is 0 Å². The van der Waals surface area contributed by atoms with Crippen molar-refractivity contribution in [2.45, 2.75) is 27.2 Å². The van der Waals surface area contributed by atoms with Crippen molar-refractivity contribution in [3.05, 3.63) is 12.3 Å². The Bertz CT molecular complexity index is 231. The Hall–Kier alpha value is -0.790. The number of allylic oxidation sites excluding steroid dienone is 1. The number of hydrogen-bond acceptors (Lipinski definition) is 2. The fraction of sp³-hybridized carbons (Fsp3) is 0.727. The number of hydrogen-bond donors (Lipinski definition) is 0. The van der Waals surface area contributed by atoms with E-state index in [1.165, 1.54) is 5.84 Å². The van der Waals surface area contributed by atoms with Crippen LogP contribution in [-0.2, 0) is 0 Å².